The van der Waals surface area contributed by atoms with Crippen molar-refractivity contribution in [2.24, 2.45) is 0 Å². The summed E-state index contributed by atoms with van der Waals surface area (Å²) in [5, 5.41) is 8.54. The molecule has 4 aromatic rings. The zero-order valence-corrected chi connectivity index (χ0v) is 22.5. The molecule has 6 nitrogen and oxygen atoms in total. The van der Waals surface area contributed by atoms with Crippen LogP contribution in [0.1, 0.15) is 27.0 Å². The third kappa shape index (κ3) is 8.18. The van der Waals surface area contributed by atoms with Gasteiger partial charge in [-0.25, -0.2) is 0 Å². The Labute approximate surface area is 232 Å². The van der Waals surface area contributed by atoms with Gasteiger partial charge < -0.3 is 16.0 Å². The number of rotatable bonds is 9. The summed E-state index contributed by atoms with van der Waals surface area (Å²) in [4.78, 5) is 39.4. The van der Waals surface area contributed by atoms with Gasteiger partial charge in [0.05, 0.1) is 5.75 Å². The van der Waals surface area contributed by atoms with Crippen LogP contribution in [0, 0.1) is 13.8 Å². The van der Waals surface area contributed by atoms with Crippen molar-refractivity contribution in [1.82, 2.24) is 5.32 Å². The second kappa shape index (κ2) is 13.3. The number of thioether (sulfide) groups is 1. The van der Waals surface area contributed by atoms with Gasteiger partial charge in [0.15, 0.2) is 0 Å². The van der Waals surface area contributed by atoms with Gasteiger partial charge in [-0.05, 0) is 67.4 Å². The van der Waals surface area contributed by atoms with Gasteiger partial charge in [-0.3, -0.25) is 14.4 Å². The van der Waals surface area contributed by atoms with Crippen LogP contribution in [-0.4, -0.2) is 23.5 Å². The van der Waals surface area contributed by atoms with E-state index in [2.05, 4.69) is 16.0 Å². The summed E-state index contributed by atoms with van der Waals surface area (Å²) in [6.45, 7) is 3.92. The molecule has 3 amide bonds. The number of benzene rings is 4. The van der Waals surface area contributed by atoms with Crippen LogP contribution in [0.2, 0.25) is 0 Å². The van der Waals surface area contributed by atoms with Crippen LogP contribution < -0.4 is 16.0 Å². The van der Waals surface area contributed by atoms with Crippen molar-refractivity contribution in [3.8, 4) is 0 Å². The number of hydrogen-bond acceptors (Lipinski definition) is 4. The molecule has 0 heterocycles. The smallest absolute Gasteiger partial charge is 0.272 e. The van der Waals surface area contributed by atoms with Crippen LogP contribution in [0.25, 0.3) is 6.08 Å². The summed E-state index contributed by atoms with van der Waals surface area (Å²) in [5.41, 5.74) is 4.76. The quantitative estimate of drug-likeness (QED) is 0.170. The molecule has 196 valence electrons. The molecule has 0 bridgehead atoms. The molecular formula is C32H29N3O3S. The van der Waals surface area contributed by atoms with Crippen LogP contribution in [0.15, 0.2) is 114 Å². The van der Waals surface area contributed by atoms with E-state index >= 15 is 0 Å². The van der Waals surface area contributed by atoms with E-state index in [4.69, 9.17) is 0 Å². The number of aryl methyl sites for hydroxylation is 2. The fourth-order valence-electron chi connectivity index (χ4n) is 3.68. The van der Waals surface area contributed by atoms with Gasteiger partial charge in [0, 0.05) is 21.8 Å². The molecule has 0 aliphatic rings. The minimum absolute atomic E-state index is 0.114. The molecule has 4 rings (SSSR count). The van der Waals surface area contributed by atoms with Crippen molar-refractivity contribution in [2.45, 2.75) is 18.7 Å². The van der Waals surface area contributed by atoms with E-state index < -0.39 is 5.91 Å². The van der Waals surface area contributed by atoms with Gasteiger partial charge in [0.1, 0.15) is 5.70 Å². The largest absolute Gasteiger partial charge is 0.325 e. The van der Waals surface area contributed by atoms with Gasteiger partial charge in [-0.1, -0.05) is 72.3 Å². The number of amides is 3. The normalized spacial score (nSPS) is 11.0. The van der Waals surface area contributed by atoms with E-state index in [9.17, 15) is 14.4 Å². The fourth-order valence-corrected chi connectivity index (χ4v) is 4.44. The molecule has 39 heavy (non-hydrogen) atoms. The molecule has 0 aromatic heterocycles. The predicted octanol–water partition coefficient (Wildman–Crippen LogP) is 6.44. The van der Waals surface area contributed by atoms with Crippen molar-refractivity contribution in [2.75, 3.05) is 16.4 Å². The zero-order valence-electron chi connectivity index (χ0n) is 21.7. The van der Waals surface area contributed by atoms with Gasteiger partial charge >= 0.3 is 0 Å². The second-order valence-corrected chi connectivity index (χ2v) is 9.97. The van der Waals surface area contributed by atoms with Crippen LogP contribution in [0.3, 0.4) is 0 Å². The summed E-state index contributed by atoms with van der Waals surface area (Å²) < 4.78 is 0. The minimum Gasteiger partial charge on any atom is -0.325 e. The maximum Gasteiger partial charge on any atom is 0.272 e. The lowest BCUT2D eigenvalue weighted by atomic mass is 10.1. The lowest BCUT2D eigenvalue weighted by molar-refractivity contribution is -0.114. The third-order valence-electron chi connectivity index (χ3n) is 5.80. The van der Waals surface area contributed by atoms with Crippen molar-refractivity contribution in [1.29, 1.82) is 0 Å². The molecule has 4 aromatic carbocycles. The highest BCUT2D eigenvalue weighted by molar-refractivity contribution is 8.00. The van der Waals surface area contributed by atoms with Crippen LogP contribution >= 0.6 is 11.8 Å². The average Bonchev–Trinajstić information content (AvgIpc) is 2.94. The van der Waals surface area contributed by atoms with E-state index in [-0.39, 0.29) is 23.3 Å². The summed E-state index contributed by atoms with van der Waals surface area (Å²) in [6, 6.07) is 31.2. The number of para-hydroxylation sites is 1. The Kier molecular flexibility index (Phi) is 9.32. The Morgan fingerprint density at radius 1 is 0.769 bits per heavy atom. The topological polar surface area (TPSA) is 87.3 Å². The highest BCUT2D eigenvalue weighted by Gasteiger charge is 2.15. The first-order valence-corrected chi connectivity index (χ1v) is 13.4. The van der Waals surface area contributed by atoms with E-state index in [0.29, 0.717) is 11.3 Å². The molecule has 0 atom stereocenters. The molecule has 0 aliphatic carbocycles. The molecule has 0 saturated heterocycles. The monoisotopic (exact) mass is 535 g/mol. The van der Waals surface area contributed by atoms with E-state index in [1.165, 1.54) is 11.8 Å². The molecular weight excluding hydrogens is 506 g/mol. The Hall–Kier alpha value is -4.62. The van der Waals surface area contributed by atoms with Gasteiger partial charge in [-0.15, -0.1) is 11.8 Å². The predicted molar refractivity (Wildman–Crippen MR) is 159 cm³/mol. The number of nitrogens with one attached hydrogen (secondary N) is 3. The molecule has 7 heteroatoms. The summed E-state index contributed by atoms with van der Waals surface area (Å²) in [7, 11) is 0. The van der Waals surface area contributed by atoms with Gasteiger partial charge in [0.25, 0.3) is 11.8 Å². The van der Waals surface area contributed by atoms with Crippen molar-refractivity contribution in [3.63, 3.8) is 0 Å². The molecule has 0 saturated carbocycles. The highest BCUT2D eigenvalue weighted by Crippen LogP contribution is 2.23. The lowest BCUT2D eigenvalue weighted by Gasteiger charge is -2.12. The zero-order chi connectivity index (χ0) is 27.6. The summed E-state index contributed by atoms with van der Waals surface area (Å²) >= 11 is 1.37. The van der Waals surface area contributed by atoms with Crippen LogP contribution in [-0.2, 0) is 9.59 Å². The maximum absolute atomic E-state index is 13.3. The lowest BCUT2D eigenvalue weighted by Crippen LogP contribution is -2.30. The molecule has 0 unspecified atom stereocenters. The van der Waals surface area contributed by atoms with Crippen molar-refractivity contribution < 1.29 is 14.4 Å². The van der Waals surface area contributed by atoms with Crippen LogP contribution in [0.5, 0.6) is 0 Å². The summed E-state index contributed by atoms with van der Waals surface area (Å²) in [5.74, 6) is -0.736. The van der Waals surface area contributed by atoms with Gasteiger partial charge in [0.2, 0.25) is 5.91 Å². The van der Waals surface area contributed by atoms with Gasteiger partial charge in [-0.2, -0.15) is 0 Å². The van der Waals surface area contributed by atoms with Crippen LogP contribution in [0.4, 0.5) is 11.4 Å². The Bertz CT molecular complexity index is 1500. The van der Waals surface area contributed by atoms with E-state index in [0.717, 1.165) is 27.3 Å². The first-order chi connectivity index (χ1) is 18.9. The second-order valence-electron chi connectivity index (χ2n) is 8.92. The number of hydrogen-bond donors (Lipinski definition) is 3. The average molecular weight is 536 g/mol. The first-order valence-electron chi connectivity index (χ1n) is 12.4. The molecule has 0 aliphatic heterocycles. The summed E-state index contributed by atoms with van der Waals surface area (Å²) in [6.07, 6.45) is 1.64. The van der Waals surface area contributed by atoms with Crippen molar-refractivity contribution >= 4 is 46.9 Å². The third-order valence-corrected chi connectivity index (χ3v) is 6.79. The number of anilines is 2. The SMILES string of the molecule is Cc1ccc(/C=C(\NC(=O)c2ccccc2)C(=O)Nc2cccc(SCC(=O)Nc3ccccc3C)c2)cc1. The van der Waals surface area contributed by atoms with Crippen molar-refractivity contribution in [3.05, 3.63) is 131 Å². The molecule has 0 spiro atoms. The number of carbonyl (C=O) groups excluding carboxylic acids is 3. The molecule has 0 fully saturated rings. The highest BCUT2D eigenvalue weighted by atomic mass is 32.2. The molecule has 3 N–H and O–H groups in total. The minimum atomic E-state index is -0.459. The standard InChI is InChI=1S/C32H29N3O3S/c1-22-15-17-24(18-16-22)19-29(35-31(37)25-10-4-3-5-11-25)32(38)33-26-12-8-13-27(20-26)39-21-30(36)34-28-14-7-6-9-23(28)2/h3-20H,21H2,1-2H3,(H,33,38)(H,34,36)(H,35,37)/b29-19-. The first kappa shape index (κ1) is 27.4. The van der Waals surface area contributed by atoms with E-state index in [1.807, 2.05) is 80.6 Å². The van der Waals surface area contributed by atoms with E-state index in [1.54, 1.807) is 42.5 Å². The fraction of sp³-hybridized carbons (Fsp3) is 0.0938. The Balaban J connectivity index is 1.45. The Morgan fingerprint density at radius 3 is 2.23 bits per heavy atom. The molecule has 0 radical (unpaired) electrons. The maximum atomic E-state index is 13.3. The number of carbonyl (C=O) groups is 3. The Morgan fingerprint density at radius 2 is 1.49 bits per heavy atom.